The average Bonchev–Trinajstić information content (AvgIpc) is 2.60. The first-order valence-electron chi connectivity index (χ1n) is 7.44. The van der Waals surface area contributed by atoms with Crippen LogP contribution in [0.4, 0.5) is 10.5 Å². The minimum atomic E-state index is -0.344. The van der Waals surface area contributed by atoms with Gasteiger partial charge in [-0.05, 0) is 25.0 Å². The van der Waals surface area contributed by atoms with Crippen LogP contribution in [0, 0.1) is 5.92 Å². The lowest BCUT2D eigenvalue weighted by Gasteiger charge is -2.30. The van der Waals surface area contributed by atoms with E-state index < -0.39 is 0 Å². The summed E-state index contributed by atoms with van der Waals surface area (Å²) in [5, 5.41) is 2.89. The Hall–Kier alpha value is -2.44. The number of rotatable bonds is 4. The Bertz CT molecular complexity index is 568. The predicted octanol–water partition coefficient (Wildman–Crippen LogP) is 2.12. The number of piperidine rings is 1. The van der Waals surface area contributed by atoms with Crippen molar-refractivity contribution in [3.8, 4) is 11.5 Å². The molecule has 126 valence electrons. The fourth-order valence-electron chi connectivity index (χ4n) is 2.61. The molecule has 1 saturated heterocycles. The zero-order valence-corrected chi connectivity index (χ0v) is 13.6. The second kappa shape index (κ2) is 7.71. The highest BCUT2D eigenvalue weighted by Gasteiger charge is 2.27. The normalized spacial score (nSPS) is 15.0. The SMILES string of the molecule is COC(=O)N1CCC(C(=O)Nc2ccc(OC)c(OC)c2)CC1. The van der Waals surface area contributed by atoms with Crippen molar-refractivity contribution in [1.82, 2.24) is 4.90 Å². The third-order valence-electron chi connectivity index (χ3n) is 3.95. The Morgan fingerprint density at radius 3 is 2.30 bits per heavy atom. The van der Waals surface area contributed by atoms with Gasteiger partial charge in [-0.25, -0.2) is 4.79 Å². The van der Waals surface area contributed by atoms with E-state index in [1.165, 1.54) is 7.11 Å². The van der Waals surface area contributed by atoms with Crippen LogP contribution in [0.1, 0.15) is 12.8 Å². The van der Waals surface area contributed by atoms with Gasteiger partial charge in [-0.2, -0.15) is 0 Å². The molecule has 0 unspecified atom stereocenters. The summed E-state index contributed by atoms with van der Waals surface area (Å²) in [6, 6.07) is 5.23. The largest absolute Gasteiger partial charge is 0.493 e. The van der Waals surface area contributed by atoms with Crippen LogP contribution in [0.5, 0.6) is 11.5 Å². The third-order valence-corrected chi connectivity index (χ3v) is 3.95. The van der Waals surface area contributed by atoms with Crippen molar-refractivity contribution in [3.63, 3.8) is 0 Å². The summed E-state index contributed by atoms with van der Waals surface area (Å²) in [4.78, 5) is 25.4. The van der Waals surface area contributed by atoms with E-state index in [9.17, 15) is 9.59 Å². The first-order valence-corrected chi connectivity index (χ1v) is 7.44. The molecule has 1 aliphatic rings. The van der Waals surface area contributed by atoms with Crippen LogP contribution in [0.3, 0.4) is 0 Å². The van der Waals surface area contributed by atoms with Gasteiger partial charge in [0.05, 0.1) is 21.3 Å². The van der Waals surface area contributed by atoms with Crippen molar-refractivity contribution < 1.29 is 23.8 Å². The second-order valence-corrected chi connectivity index (χ2v) is 5.29. The van der Waals surface area contributed by atoms with Crippen LogP contribution in [-0.4, -0.2) is 51.3 Å². The lowest BCUT2D eigenvalue weighted by Crippen LogP contribution is -2.41. The molecule has 1 aromatic rings. The van der Waals surface area contributed by atoms with Crippen molar-refractivity contribution in [2.24, 2.45) is 5.92 Å². The van der Waals surface area contributed by atoms with E-state index in [1.807, 2.05) is 0 Å². The molecule has 2 rings (SSSR count). The summed E-state index contributed by atoms with van der Waals surface area (Å²) >= 11 is 0. The molecule has 7 heteroatoms. The number of hydrogen-bond donors (Lipinski definition) is 1. The minimum Gasteiger partial charge on any atom is -0.493 e. The number of carbonyl (C=O) groups is 2. The van der Waals surface area contributed by atoms with Gasteiger partial charge in [0.25, 0.3) is 0 Å². The smallest absolute Gasteiger partial charge is 0.409 e. The van der Waals surface area contributed by atoms with E-state index in [-0.39, 0.29) is 17.9 Å². The number of anilines is 1. The number of likely N-dealkylation sites (tertiary alicyclic amines) is 1. The molecule has 1 aliphatic heterocycles. The van der Waals surface area contributed by atoms with Crippen LogP contribution in [0.15, 0.2) is 18.2 Å². The molecule has 0 radical (unpaired) electrons. The third kappa shape index (κ3) is 4.06. The van der Waals surface area contributed by atoms with Crippen molar-refractivity contribution in [3.05, 3.63) is 18.2 Å². The fourth-order valence-corrected chi connectivity index (χ4v) is 2.61. The number of benzene rings is 1. The molecular weight excluding hydrogens is 300 g/mol. The van der Waals surface area contributed by atoms with E-state index in [4.69, 9.17) is 9.47 Å². The molecule has 1 N–H and O–H groups in total. The lowest BCUT2D eigenvalue weighted by molar-refractivity contribution is -0.121. The monoisotopic (exact) mass is 322 g/mol. The van der Waals surface area contributed by atoms with Gasteiger partial charge >= 0.3 is 6.09 Å². The molecule has 2 amide bonds. The number of carbonyl (C=O) groups excluding carboxylic acids is 2. The first-order chi connectivity index (χ1) is 11.1. The van der Waals surface area contributed by atoms with E-state index in [0.717, 1.165) is 0 Å². The highest BCUT2D eigenvalue weighted by atomic mass is 16.5. The Balaban J connectivity index is 1.94. The highest BCUT2D eigenvalue weighted by molar-refractivity contribution is 5.93. The molecule has 1 fully saturated rings. The Morgan fingerprint density at radius 1 is 1.09 bits per heavy atom. The number of methoxy groups -OCH3 is 3. The molecule has 1 aromatic carbocycles. The van der Waals surface area contributed by atoms with E-state index >= 15 is 0 Å². The highest BCUT2D eigenvalue weighted by Crippen LogP contribution is 2.30. The van der Waals surface area contributed by atoms with Crippen molar-refractivity contribution in [1.29, 1.82) is 0 Å². The average molecular weight is 322 g/mol. The van der Waals surface area contributed by atoms with Crippen LogP contribution in [0.25, 0.3) is 0 Å². The zero-order valence-electron chi connectivity index (χ0n) is 13.6. The van der Waals surface area contributed by atoms with Crippen molar-refractivity contribution in [2.45, 2.75) is 12.8 Å². The Morgan fingerprint density at radius 2 is 1.74 bits per heavy atom. The van der Waals surface area contributed by atoms with Gasteiger partial charge in [-0.1, -0.05) is 0 Å². The maximum Gasteiger partial charge on any atom is 0.409 e. The van der Waals surface area contributed by atoms with Gasteiger partial charge in [0, 0.05) is 30.8 Å². The summed E-state index contributed by atoms with van der Waals surface area (Å²) in [5.41, 5.74) is 0.656. The quantitative estimate of drug-likeness (QED) is 0.919. The molecule has 0 aliphatic carbocycles. The maximum atomic E-state index is 12.3. The van der Waals surface area contributed by atoms with Gasteiger partial charge in [-0.3, -0.25) is 4.79 Å². The van der Waals surface area contributed by atoms with Gasteiger partial charge in [0.2, 0.25) is 5.91 Å². The number of hydrogen-bond acceptors (Lipinski definition) is 5. The van der Waals surface area contributed by atoms with Crippen LogP contribution >= 0.6 is 0 Å². The lowest BCUT2D eigenvalue weighted by atomic mass is 9.96. The predicted molar refractivity (Wildman–Crippen MR) is 84.9 cm³/mol. The topological polar surface area (TPSA) is 77.1 Å². The standard InChI is InChI=1S/C16H22N2O5/c1-21-13-5-4-12(10-14(13)22-2)17-15(19)11-6-8-18(9-7-11)16(20)23-3/h4-5,10-11H,6-9H2,1-3H3,(H,17,19). The summed E-state index contributed by atoms with van der Waals surface area (Å²) < 4.78 is 15.1. The fraction of sp³-hybridized carbons (Fsp3) is 0.500. The first kappa shape index (κ1) is 16.9. The van der Waals surface area contributed by atoms with Crippen molar-refractivity contribution >= 4 is 17.7 Å². The molecule has 23 heavy (non-hydrogen) atoms. The summed E-state index contributed by atoms with van der Waals surface area (Å²) in [7, 11) is 4.47. The van der Waals surface area contributed by atoms with Gasteiger partial charge in [-0.15, -0.1) is 0 Å². The molecule has 7 nitrogen and oxygen atoms in total. The van der Waals surface area contributed by atoms with Crippen molar-refractivity contribution in [2.75, 3.05) is 39.7 Å². The molecule has 0 spiro atoms. The van der Waals surface area contributed by atoms with Crippen LogP contribution < -0.4 is 14.8 Å². The van der Waals surface area contributed by atoms with Gasteiger partial charge in [0.15, 0.2) is 11.5 Å². The number of ether oxygens (including phenoxy) is 3. The molecule has 0 aromatic heterocycles. The van der Waals surface area contributed by atoms with Crippen LogP contribution in [0.2, 0.25) is 0 Å². The Kier molecular flexibility index (Phi) is 5.67. The Labute approximate surface area is 135 Å². The number of nitrogens with zero attached hydrogens (tertiary/aromatic N) is 1. The van der Waals surface area contributed by atoms with E-state index in [2.05, 4.69) is 10.1 Å². The number of amides is 2. The molecular formula is C16H22N2O5. The molecule has 0 atom stereocenters. The zero-order chi connectivity index (χ0) is 16.8. The second-order valence-electron chi connectivity index (χ2n) is 5.29. The summed E-state index contributed by atoms with van der Waals surface area (Å²) in [5.74, 6) is 0.994. The van der Waals surface area contributed by atoms with Gasteiger partial charge in [0.1, 0.15) is 0 Å². The summed E-state index contributed by atoms with van der Waals surface area (Å²) in [6.45, 7) is 1.05. The summed E-state index contributed by atoms with van der Waals surface area (Å²) in [6.07, 6.45) is 0.895. The van der Waals surface area contributed by atoms with E-state index in [0.29, 0.717) is 43.1 Å². The van der Waals surface area contributed by atoms with Gasteiger partial charge < -0.3 is 24.4 Å². The number of nitrogens with one attached hydrogen (secondary N) is 1. The minimum absolute atomic E-state index is 0.0539. The van der Waals surface area contributed by atoms with Crippen LogP contribution in [-0.2, 0) is 9.53 Å². The molecule has 0 bridgehead atoms. The molecule has 0 saturated carbocycles. The molecule has 1 heterocycles. The van der Waals surface area contributed by atoms with E-state index in [1.54, 1.807) is 37.3 Å². The maximum absolute atomic E-state index is 12.3.